The van der Waals surface area contributed by atoms with Crippen molar-refractivity contribution < 1.29 is 9.47 Å². The van der Waals surface area contributed by atoms with Crippen LogP contribution >= 0.6 is 38.5 Å². The van der Waals surface area contributed by atoms with Crippen molar-refractivity contribution in [3.8, 4) is 5.75 Å². The molecule has 0 spiro atoms. The molecule has 78 valence electrons. The fourth-order valence-electron chi connectivity index (χ4n) is 0.973. The summed E-state index contributed by atoms with van der Waals surface area (Å²) >= 11 is 5.71. The number of hydrogen-bond acceptors (Lipinski definition) is 2. The van der Waals surface area contributed by atoms with E-state index >= 15 is 0 Å². The summed E-state index contributed by atoms with van der Waals surface area (Å²) in [4.78, 5) is 0. The molecule has 0 aliphatic carbocycles. The van der Waals surface area contributed by atoms with E-state index < -0.39 is 0 Å². The van der Waals surface area contributed by atoms with Gasteiger partial charge in [-0.25, -0.2) is 0 Å². The Bertz CT molecular complexity index is 291. The van der Waals surface area contributed by atoms with E-state index in [2.05, 4.69) is 38.5 Å². The Labute approximate surface area is 106 Å². The highest BCUT2D eigenvalue weighted by atomic mass is 127. The molecule has 0 unspecified atom stereocenters. The van der Waals surface area contributed by atoms with Crippen molar-refractivity contribution in [3.63, 3.8) is 0 Å². The average molecular weight is 371 g/mol. The number of ether oxygens (including phenoxy) is 2. The first-order valence-corrected chi connectivity index (χ1v) is 6.18. The minimum atomic E-state index is 0.687. The molecule has 1 rings (SSSR count). The first kappa shape index (κ1) is 12.3. The Balaban J connectivity index is 2.45. The van der Waals surface area contributed by atoms with E-state index in [1.54, 1.807) is 7.11 Å². The predicted molar refractivity (Wildman–Crippen MR) is 68.8 cm³/mol. The summed E-state index contributed by atoms with van der Waals surface area (Å²) in [5.74, 6) is 0.896. The maximum Gasteiger partial charge on any atom is 0.134 e. The lowest BCUT2D eigenvalue weighted by Crippen LogP contribution is -2.01. The third-order valence-electron chi connectivity index (χ3n) is 1.64. The lowest BCUT2D eigenvalue weighted by molar-refractivity contribution is 0.172. The van der Waals surface area contributed by atoms with Gasteiger partial charge in [-0.05, 0) is 56.7 Å². The van der Waals surface area contributed by atoms with Gasteiger partial charge in [-0.15, -0.1) is 0 Å². The highest BCUT2D eigenvalue weighted by Crippen LogP contribution is 2.26. The van der Waals surface area contributed by atoms with Gasteiger partial charge in [0.1, 0.15) is 5.75 Å². The molecule has 0 saturated carbocycles. The van der Waals surface area contributed by atoms with E-state index in [9.17, 15) is 0 Å². The molecule has 0 heterocycles. The molecule has 0 fully saturated rings. The van der Waals surface area contributed by atoms with Crippen LogP contribution < -0.4 is 4.74 Å². The largest absolute Gasteiger partial charge is 0.492 e. The maximum absolute atomic E-state index is 5.59. The molecule has 0 atom stereocenters. The van der Waals surface area contributed by atoms with Gasteiger partial charge >= 0.3 is 0 Å². The van der Waals surface area contributed by atoms with E-state index in [-0.39, 0.29) is 0 Å². The van der Waals surface area contributed by atoms with Crippen LogP contribution in [0.5, 0.6) is 5.75 Å². The molecule has 0 aliphatic heterocycles. The summed E-state index contributed by atoms with van der Waals surface area (Å²) in [6, 6.07) is 6.04. The molecule has 0 radical (unpaired) electrons. The molecule has 14 heavy (non-hydrogen) atoms. The van der Waals surface area contributed by atoms with Crippen molar-refractivity contribution in [1.82, 2.24) is 0 Å². The second-order valence-corrected chi connectivity index (χ2v) is 4.87. The van der Waals surface area contributed by atoms with Crippen LogP contribution in [0.15, 0.2) is 22.7 Å². The molecule has 0 aliphatic rings. The van der Waals surface area contributed by atoms with Crippen molar-refractivity contribution in [1.29, 1.82) is 0 Å². The average Bonchev–Trinajstić information content (AvgIpc) is 2.18. The second-order valence-electron chi connectivity index (χ2n) is 2.77. The molecule has 2 nitrogen and oxygen atoms in total. The van der Waals surface area contributed by atoms with E-state index in [0.29, 0.717) is 6.61 Å². The van der Waals surface area contributed by atoms with Crippen molar-refractivity contribution >= 4 is 38.5 Å². The Morgan fingerprint density at radius 1 is 1.36 bits per heavy atom. The Morgan fingerprint density at radius 2 is 2.14 bits per heavy atom. The fraction of sp³-hybridized carbons (Fsp3) is 0.400. The summed E-state index contributed by atoms with van der Waals surface area (Å²) in [6.45, 7) is 1.42. The smallest absolute Gasteiger partial charge is 0.134 e. The monoisotopic (exact) mass is 370 g/mol. The topological polar surface area (TPSA) is 18.5 Å². The van der Waals surface area contributed by atoms with Crippen LogP contribution in [0, 0.1) is 3.57 Å². The molecule has 4 heteroatoms. The van der Waals surface area contributed by atoms with Crippen LogP contribution in [0.25, 0.3) is 0 Å². The fourth-order valence-corrected chi connectivity index (χ4v) is 1.80. The summed E-state index contributed by atoms with van der Waals surface area (Å²) in [6.07, 6.45) is 0.911. The van der Waals surface area contributed by atoms with Gasteiger partial charge in [0.15, 0.2) is 0 Å². The van der Waals surface area contributed by atoms with Crippen LogP contribution in [0.2, 0.25) is 0 Å². The number of benzene rings is 1. The molecule has 0 bridgehead atoms. The van der Waals surface area contributed by atoms with Crippen LogP contribution in [-0.2, 0) is 4.74 Å². The van der Waals surface area contributed by atoms with Crippen molar-refractivity contribution in [2.45, 2.75) is 6.42 Å². The maximum atomic E-state index is 5.59. The van der Waals surface area contributed by atoms with Crippen molar-refractivity contribution in [2.24, 2.45) is 0 Å². The van der Waals surface area contributed by atoms with Crippen LogP contribution in [-0.4, -0.2) is 20.3 Å². The van der Waals surface area contributed by atoms with Gasteiger partial charge in [-0.3, -0.25) is 0 Å². The van der Waals surface area contributed by atoms with Crippen LogP contribution in [0.4, 0.5) is 0 Å². The minimum absolute atomic E-state index is 0.687. The van der Waals surface area contributed by atoms with Gasteiger partial charge in [-0.1, -0.05) is 0 Å². The van der Waals surface area contributed by atoms with E-state index in [1.165, 1.54) is 3.57 Å². The normalized spacial score (nSPS) is 10.2. The Kier molecular flexibility index (Phi) is 5.81. The quantitative estimate of drug-likeness (QED) is 0.583. The van der Waals surface area contributed by atoms with E-state index in [4.69, 9.17) is 9.47 Å². The highest BCUT2D eigenvalue weighted by molar-refractivity contribution is 14.1. The third kappa shape index (κ3) is 4.14. The van der Waals surface area contributed by atoms with Gasteiger partial charge in [-0.2, -0.15) is 0 Å². The molecule has 0 N–H and O–H groups in total. The van der Waals surface area contributed by atoms with E-state index in [1.807, 2.05) is 18.2 Å². The molecule has 1 aromatic rings. The molecule has 1 aromatic carbocycles. The summed E-state index contributed by atoms with van der Waals surface area (Å²) in [5, 5.41) is 0. The lowest BCUT2D eigenvalue weighted by atomic mass is 10.3. The summed E-state index contributed by atoms with van der Waals surface area (Å²) < 4.78 is 12.7. The predicted octanol–water partition coefficient (Wildman–Crippen LogP) is 3.47. The van der Waals surface area contributed by atoms with Gasteiger partial charge in [0.05, 0.1) is 11.1 Å². The minimum Gasteiger partial charge on any atom is -0.492 e. The van der Waals surface area contributed by atoms with Crippen LogP contribution in [0.3, 0.4) is 0 Å². The van der Waals surface area contributed by atoms with Crippen LogP contribution in [0.1, 0.15) is 6.42 Å². The lowest BCUT2D eigenvalue weighted by Gasteiger charge is -2.07. The number of methoxy groups -OCH3 is 1. The number of rotatable bonds is 5. The molecule has 0 aromatic heterocycles. The molecular formula is C10H12BrIO2. The zero-order valence-electron chi connectivity index (χ0n) is 7.93. The van der Waals surface area contributed by atoms with Gasteiger partial charge in [0, 0.05) is 23.7 Å². The number of hydrogen-bond donors (Lipinski definition) is 0. The van der Waals surface area contributed by atoms with Gasteiger partial charge in [0.2, 0.25) is 0 Å². The molecular weight excluding hydrogens is 359 g/mol. The van der Waals surface area contributed by atoms with Gasteiger partial charge < -0.3 is 9.47 Å². The SMILES string of the molecule is COCCCOc1cc(I)ccc1Br. The Morgan fingerprint density at radius 3 is 2.86 bits per heavy atom. The Hall–Kier alpha value is 0.190. The third-order valence-corrected chi connectivity index (χ3v) is 2.97. The standard InChI is InChI=1S/C10H12BrIO2/c1-13-5-2-6-14-10-7-8(12)3-4-9(10)11/h3-4,7H,2,5-6H2,1H3. The zero-order valence-corrected chi connectivity index (χ0v) is 11.7. The van der Waals surface area contributed by atoms with Crippen molar-refractivity contribution in [3.05, 3.63) is 26.2 Å². The summed E-state index contributed by atoms with van der Waals surface area (Å²) in [5.41, 5.74) is 0. The first-order chi connectivity index (χ1) is 6.74. The summed E-state index contributed by atoms with van der Waals surface area (Å²) in [7, 11) is 1.70. The molecule has 0 amide bonds. The number of halogens is 2. The zero-order chi connectivity index (χ0) is 10.4. The highest BCUT2D eigenvalue weighted by Gasteiger charge is 2.00. The van der Waals surface area contributed by atoms with Gasteiger partial charge in [0.25, 0.3) is 0 Å². The van der Waals surface area contributed by atoms with E-state index in [0.717, 1.165) is 23.2 Å². The second kappa shape index (κ2) is 6.63. The van der Waals surface area contributed by atoms with Crippen molar-refractivity contribution in [2.75, 3.05) is 20.3 Å². The molecule has 0 saturated heterocycles. The first-order valence-electron chi connectivity index (χ1n) is 4.31.